The van der Waals surface area contributed by atoms with Crippen LogP contribution in [0.2, 0.25) is 0 Å². The van der Waals surface area contributed by atoms with Gasteiger partial charge in [-0.15, -0.1) is 21.5 Å². The van der Waals surface area contributed by atoms with E-state index in [9.17, 15) is 14.9 Å². The van der Waals surface area contributed by atoms with Crippen molar-refractivity contribution in [2.45, 2.75) is 5.22 Å². The fraction of sp³-hybridized carbons (Fsp3) is 0.0526. The molecule has 0 radical (unpaired) electrons. The zero-order chi connectivity index (χ0) is 21.8. The van der Waals surface area contributed by atoms with E-state index in [0.29, 0.717) is 10.7 Å². The molecule has 2 aromatic carbocycles. The van der Waals surface area contributed by atoms with E-state index < -0.39 is 4.92 Å². The van der Waals surface area contributed by atoms with E-state index in [2.05, 4.69) is 36.4 Å². The summed E-state index contributed by atoms with van der Waals surface area (Å²) in [5.41, 5.74) is 2.09. The van der Waals surface area contributed by atoms with Gasteiger partial charge >= 0.3 is 0 Å². The van der Waals surface area contributed by atoms with E-state index in [1.54, 1.807) is 6.07 Å². The highest BCUT2D eigenvalue weighted by atomic mass is 79.9. The number of halogens is 1. The number of rotatable bonds is 7. The van der Waals surface area contributed by atoms with Gasteiger partial charge in [0.15, 0.2) is 5.13 Å². The summed E-state index contributed by atoms with van der Waals surface area (Å²) in [5, 5.41) is 24.0. The summed E-state index contributed by atoms with van der Waals surface area (Å²) in [7, 11) is 0. The number of nitro groups is 1. The van der Waals surface area contributed by atoms with E-state index >= 15 is 0 Å². The first-order valence-corrected chi connectivity index (χ1v) is 11.4. The molecule has 0 unspecified atom stereocenters. The van der Waals surface area contributed by atoms with Gasteiger partial charge < -0.3 is 9.73 Å². The maximum Gasteiger partial charge on any atom is 0.277 e. The Morgan fingerprint density at radius 2 is 2.00 bits per heavy atom. The topological polar surface area (TPSA) is 124 Å². The molecule has 0 aliphatic rings. The van der Waals surface area contributed by atoms with Gasteiger partial charge in [0.2, 0.25) is 11.8 Å². The van der Waals surface area contributed by atoms with Crippen molar-refractivity contribution in [3.8, 4) is 22.7 Å². The molecule has 0 fully saturated rings. The molecule has 1 amide bonds. The maximum absolute atomic E-state index is 12.2. The Morgan fingerprint density at radius 3 is 2.77 bits per heavy atom. The third kappa shape index (κ3) is 5.34. The van der Waals surface area contributed by atoms with Crippen molar-refractivity contribution < 1.29 is 14.1 Å². The predicted molar refractivity (Wildman–Crippen MR) is 121 cm³/mol. The van der Waals surface area contributed by atoms with Crippen molar-refractivity contribution in [1.82, 2.24) is 15.2 Å². The van der Waals surface area contributed by atoms with Crippen molar-refractivity contribution in [3.05, 3.63) is 68.5 Å². The van der Waals surface area contributed by atoms with Gasteiger partial charge in [0, 0.05) is 33.1 Å². The molecule has 2 aromatic heterocycles. The quantitative estimate of drug-likeness (QED) is 0.200. The van der Waals surface area contributed by atoms with Crippen LogP contribution in [0.5, 0.6) is 0 Å². The Balaban J connectivity index is 1.34. The second kappa shape index (κ2) is 9.37. The highest BCUT2D eigenvalue weighted by Crippen LogP contribution is 2.28. The summed E-state index contributed by atoms with van der Waals surface area (Å²) in [6.07, 6.45) is 0. The number of nitrogens with zero attached hydrogens (tertiary/aromatic N) is 4. The number of non-ortho nitro benzene ring substituents is 1. The molecule has 1 N–H and O–H groups in total. The molecule has 4 rings (SSSR count). The second-order valence-corrected chi connectivity index (χ2v) is 8.76. The second-order valence-electron chi connectivity index (χ2n) is 6.06. The van der Waals surface area contributed by atoms with Crippen LogP contribution in [0, 0.1) is 10.1 Å². The van der Waals surface area contributed by atoms with Crippen LogP contribution in [0.3, 0.4) is 0 Å². The van der Waals surface area contributed by atoms with E-state index in [1.807, 2.05) is 29.6 Å². The molecule has 0 aliphatic heterocycles. The molecule has 0 spiro atoms. The number of hydrogen-bond donors (Lipinski definition) is 1. The van der Waals surface area contributed by atoms with Crippen LogP contribution in [-0.2, 0) is 4.79 Å². The number of amides is 1. The van der Waals surface area contributed by atoms with E-state index in [4.69, 9.17) is 4.42 Å². The normalized spacial score (nSPS) is 10.7. The highest BCUT2D eigenvalue weighted by molar-refractivity contribution is 9.10. The third-order valence-corrected chi connectivity index (χ3v) is 6.03. The number of benzene rings is 2. The Bertz CT molecular complexity index is 1240. The minimum atomic E-state index is -0.499. The molecule has 2 heterocycles. The lowest BCUT2D eigenvalue weighted by Crippen LogP contribution is -2.13. The van der Waals surface area contributed by atoms with Crippen LogP contribution in [0.15, 0.2) is 68.0 Å². The van der Waals surface area contributed by atoms with Crippen molar-refractivity contribution in [1.29, 1.82) is 0 Å². The van der Waals surface area contributed by atoms with E-state index in [1.165, 1.54) is 29.5 Å². The molecule has 0 atom stereocenters. The number of nitrogens with one attached hydrogen (secondary N) is 1. The molecule has 9 nitrogen and oxygen atoms in total. The average molecular weight is 518 g/mol. The third-order valence-electron chi connectivity index (χ3n) is 3.93. The number of thioether (sulfide) groups is 1. The van der Waals surface area contributed by atoms with Crippen molar-refractivity contribution in [2.75, 3.05) is 11.1 Å². The Morgan fingerprint density at radius 1 is 1.19 bits per heavy atom. The molecular formula is C19H12BrN5O4S2. The fourth-order valence-corrected chi connectivity index (χ4v) is 4.07. The van der Waals surface area contributed by atoms with Crippen molar-refractivity contribution >= 4 is 55.8 Å². The Kier molecular flexibility index (Phi) is 6.39. The number of hydrogen-bond acceptors (Lipinski definition) is 9. The summed E-state index contributed by atoms with van der Waals surface area (Å²) in [4.78, 5) is 27.1. The fourth-order valence-electron chi connectivity index (χ4n) is 2.50. The first-order chi connectivity index (χ1) is 15.0. The van der Waals surface area contributed by atoms with Gasteiger partial charge in [0.25, 0.3) is 10.9 Å². The van der Waals surface area contributed by atoms with Crippen LogP contribution >= 0.6 is 39.0 Å². The number of aromatic nitrogens is 3. The molecule has 0 bridgehead atoms. The molecule has 31 heavy (non-hydrogen) atoms. The number of carbonyl (C=O) groups excluding carboxylic acids is 1. The van der Waals surface area contributed by atoms with Crippen LogP contribution in [0.25, 0.3) is 22.7 Å². The highest BCUT2D eigenvalue weighted by Gasteiger charge is 2.15. The minimum Gasteiger partial charge on any atom is -0.411 e. The minimum absolute atomic E-state index is 0.0454. The molecule has 156 valence electrons. The molecule has 12 heteroatoms. The summed E-state index contributed by atoms with van der Waals surface area (Å²) in [6.45, 7) is 0. The smallest absolute Gasteiger partial charge is 0.277 e. The van der Waals surface area contributed by atoms with Crippen molar-refractivity contribution in [2.24, 2.45) is 0 Å². The Labute approximate surface area is 192 Å². The summed E-state index contributed by atoms with van der Waals surface area (Å²) in [6, 6.07) is 13.6. The average Bonchev–Trinajstić information content (AvgIpc) is 3.43. The van der Waals surface area contributed by atoms with Gasteiger partial charge in [-0.05, 0) is 18.2 Å². The molecule has 0 saturated heterocycles. The van der Waals surface area contributed by atoms with E-state index in [-0.39, 0.29) is 28.5 Å². The van der Waals surface area contributed by atoms with Gasteiger partial charge in [-0.3, -0.25) is 14.9 Å². The van der Waals surface area contributed by atoms with Crippen molar-refractivity contribution in [3.63, 3.8) is 0 Å². The zero-order valence-corrected chi connectivity index (χ0v) is 18.7. The lowest BCUT2D eigenvalue weighted by atomic mass is 10.2. The standard InChI is InChI=1S/C19H12BrN5O4S2/c20-13-6-4-11(5-7-13)15-9-30-18(21-15)22-16(26)10-31-19-24-23-17(29-19)12-2-1-3-14(8-12)25(27)28/h1-9H,10H2,(H,21,22,26). The summed E-state index contributed by atoms with van der Waals surface area (Å²) in [5.74, 6) is -0.0773. The van der Waals surface area contributed by atoms with Gasteiger partial charge in [-0.1, -0.05) is 45.9 Å². The van der Waals surface area contributed by atoms with Crippen LogP contribution in [0.4, 0.5) is 10.8 Å². The number of thiazole rings is 1. The van der Waals surface area contributed by atoms with Gasteiger partial charge in [0.1, 0.15) is 0 Å². The van der Waals surface area contributed by atoms with Gasteiger partial charge in [-0.2, -0.15) is 0 Å². The van der Waals surface area contributed by atoms with Crippen LogP contribution < -0.4 is 5.32 Å². The number of nitro benzene ring substituents is 1. The number of anilines is 1. The van der Waals surface area contributed by atoms with Gasteiger partial charge in [-0.25, -0.2) is 4.98 Å². The first kappa shape index (κ1) is 21.2. The lowest BCUT2D eigenvalue weighted by Gasteiger charge is -2.00. The Hall–Kier alpha value is -3.09. The van der Waals surface area contributed by atoms with Gasteiger partial charge in [0.05, 0.1) is 16.4 Å². The summed E-state index contributed by atoms with van der Waals surface area (Å²) >= 11 is 5.79. The maximum atomic E-state index is 12.2. The summed E-state index contributed by atoms with van der Waals surface area (Å²) < 4.78 is 6.48. The lowest BCUT2D eigenvalue weighted by molar-refractivity contribution is -0.384. The number of carbonyl (C=O) groups is 1. The SMILES string of the molecule is O=C(CSc1nnc(-c2cccc([N+](=O)[O-])c2)o1)Nc1nc(-c2ccc(Br)cc2)cs1. The van der Waals surface area contributed by atoms with E-state index in [0.717, 1.165) is 27.5 Å². The molecule has 0 saturated carbocycles. The molecular weight excluding hydrogens is 506 g/mol. The first-order valence-electron chi connectivity index (χ1n) is 8.70. The zero-order valence-electron chi connectivity index (χ0n) is 15.5. The van der Waals surface area contributed by atoms with Crippen LogP contribution in [0.1, 0.15) is 0 Å². The van der Waals surface area contributed by atoms with Crippen LogP contribution in [-0.4, -0.2) is 31.8 Å². The monoisotopic (exact) mass is 517 g/mol. The molecule has 4 aromatic rings. The molecule has 0 aliphatic carbocycles. The predicted octanol–water partition coefficient (Wildman–Crippen LogP) is 5.26. The largest absolute Gasteiger partial charge is 0.411 e.